The van der Waals surface area contributed by atoms with Gasteiger partial charge in [0, 0.05) is 17.4 Å². The number of amides is 1. The first-order valence-corrected chi connectivity index (χ1v) is 7.64. The molecule has 0 aliphatic carbocycles. The first-order valence-electron chi connectivity index (χ1n) is 6.76. The molecule has 0 aromatic heterocycles. The molecular weight excluding hydrogens is 274 g/mol. The van der Waals surface area contributed by atoms with Crippen LogP contribution < -0.4 is 5.32 Å². The molecule has 1 aromatic carbocycles. The zero-order valence-electron chi connectivity index (χ0n) is 11.8. The summed E-state index contributed by atoms with van der Waals surface area (Å²) in [5.41, 5.74) is 0. The van der Waals surface area contributed by atoms with Gasteiger partial charge in [-0.05, 0) is 31.9 Å². The Morgan fingerprint density at radius 2 is 1.95 bits per heavy atom. The first-order chi connectivity index (χ1) is 9.52. The third kappa shape index (κ3) is 6.10. The molecule has 0 radical (unpaired) electrons. The molecule has 1 aromatic rings. The average molecular weight is 295 g/mol. The number of benzene rings is 1. The molecule has 4 nitrogen and oxygen atoms in total. The van der Waals surface area contributed by atoms with Crippen LogP contribution in [0.3, 0.4) is 0 Å². The Balaban J connectivity index is 2.48. The Morgan fingerprint density at radius 1 is 1.30 bits per heavy atom. The van der Waals surface area contributed by atoms with Gasteiger partial charge in [-0.2, -0.15) is 0 Å². The minimum atomic E-state index is -0.836. The number of hydrogen-bond acceptors (Lipinski definition) is 3. The molecule has 0 aliphatic rings. The molecule has 1 rings (SSSR count). The molecule has 0 aliphatic heterocycles. The van der Waals surface area contributed by atoms with E-state index in [1.807, 2.05) is 44.2 Å². The van der Waals surface area contributed by atoms with Crippen molar-refractivity contribution in [1.29, 1.82) is 0 Å². The number of carbonyl (C=O) groups excluding carboxylic acids is 1. The Labute approximate surface area is 124 Å². The number of carboxylic acids is 1. The molecule has 2 unspecified atom stereocenters. The van der Waals surface area contributed by atoms with Crippen molar-refractivity contribution in [3.8, 4) is 0 Å². The van der Waals surface area contributed by atoms with Crippen molar-refractivity contribution in [3.63, 3.8) is 0 Å². The molecule has 20 heavy (non-hydrogen) atoms. The third-order valence-corrected chi connectivity index (χ3v) is 4.24. The summed E-state index contributed by atoms with van der Waals surface area (Å²) in [6, 6.07) is 9.68. The van der Waals surface area contributed by atoms with Crippen LogP contribution in [-0.2, 0) is 9.59 Å². The van der Waals surface area contributed by atoms with Crippen molar-refractivity contribution in [3.05, 3.63) is 30.3 Å². The van der Waals surface area contributed by atoms with Gasteiger partial charge in [-0.3, -0.25) is 9.59 Å². The van der Waals surface area contributed by atoms with Gasteiger partial charge >= 0.3 is 5.97 Å². The van der Waals surface area contributed by atoms with Crippen LogP contribution in [0.5, 0.6) is 0 Å². The molecule has 0 bridgehead atoms. The van der Waals surface area contributed by atoms with Gasteiger partial charge in [0.1, 0.15) is 0 Å². The van der Waals surface area contributed by atoms with Gasteiger partial charge in [0.15, 0.2) is 0 Å². The van der Waals surface area contributed by atoms with Crippen LogP contribution in [0.2, 0.25) is 0 Å². The van der Waals surface area contributed by atoms with Crippen molar-refractivity contribution in [2.75, 3.05) is 0 Å². The van der Waals surface area contributed by atoms with Crippen LogP contribution >= 0.6 is 11.8 Å². The number of nitrogens with one attached hydrogen (secondary N) is 1. The van der Waals surface area contributed by atoms with Gasteiger partial charge in [-0.1, -0.05) is 25.1 Å². The average Bonchev–Trinajstić information content (AvgIpc) is 2.43. The van der Waals surface area contributed by atoms with E-state index in [1.165, 1.54) is 11.8 Å². The summed E-state index contributed by atoms with van der Waals surface area (Å²) < 4.78 is 0. The predicted octanol–water partition coefficient (Wildman–Crippen LogP) is 2.93. The first kappa shape index (κ1) is 16.6. The van der Waals surface area contributed by atoms with Crippen LogP contribution in [0.15, 0.2) is 35.2 Å². The van der Waals surface area contributed by atoms with Gasteiger partial charge in [0.05, 0.1) is 5.25 Å². The van der Waals surface area contributed by atoms with E-state index in [2.05, 4.69) is 5.32 Å². The van der Waals surface area contributed by atoms with Crippen molar-refractivity contribution in [1.82, 2.24) is 5.32 Å². The number of rotatable bonds is 8. The molecule has 2 N–H and O–H groups in total. The second-order valence-corrected chi connectivity index (χ2v) is 5.95. The Hall–Kier alpha value is -1.49. The normalized spacial score (nSPS) is 13.5. The number of carbonyl (C=O) groups is 2. The molecular formula is C15H21NO3S. The molecule has 0 spiro atoms. The zero-order valence-corrected chi connectivity index (χ0v) is 12.7. The predicted molar refractivity (Wildman–Crippen MR) is 80.9 cm³/mol. The fraction of sp³-hybridized carbons (Fsp3) is 0.467. The van der Waals surface area contributed by atoms with Gasteiger partial charge in [-0.15, -0.1) is 11.8 Å². The fourth-order valence-corrected chi connectivity index (χ4v) is 2.72. The van der Waals surface area contributed by atoms with Gasteiger partial charge in [-0.25, -0.2) is 0 Å². The molecule has 1 amide bonds. The Kier molecular flexibility index (Phi) is 7.15. The standard InChI is InChI=1S/C15H21NO3S/c1-3-13(20-12-7-5-4-6-8-12)15(19)16-11(2)9-10-14(17)18/h4-8,11,13H,3,9-10H2,1-2H3,(H,16,19)(H,17,18). The number of aliphatic carboxylic acids is 1. The van der Waals surface area contributed by atoms with E-state index in [9.17, 15) is 9.59 Å². The van der Waals surface area contributed by atoms with E-state index in [-0.39, 0.29) is 23.6 Å². The second kappa shape index (κ2) is 8.64. The topological polar surface area (TPSA) is 66.4 Å². The van der Waals surface area contributed by atoms with Crippen molar-refractivity contribution in [2.24, 2.45) is 0 Å². The molecule has 5 heteroatoms. The maximum Gasteiger partial charge on any atom is 0.303 e. The summed E-state index contributed by atoms with van der Waals surface area (Å²) in [6.07, 6.45) is 1.26. The highest BCUT2D eigenvalue weighted by atomic mass is 32.2. The lowest BCUT2D eigenvalue weighted by atomic mass is 10.2. The summed E-state index contributed by atoms with van der Waals surface area (Å²) in [5, 5.41) is 11.4. The smallest absolute Gasteiger partial charge is 0.303 e. The minimum Gasteiger partial charge on any atom is -0.481 e. The lowest BCUT2D eigenvalue weighted by Crippen LogP contribution is -2.38. The van der Waals surface area contributed by atoms with E-state index in [0.29, 0.717) is 6.42 Å². The monoisotopic (exact) mass is 295 g/mol. The van der Waals surface area contributed by atoms with E-state index in [4.69, 9.17) is 5.11 Å². The number of hydrogen-bond donors (Lipinski definition) is 2. The lowest BCUT2D eigenvalue weighted by Gasteiger charge is -2.18. The van der Waals surface area contributed by atoms with E-state index in [0.717, 1.165) is 11.3 Å². The quantitative estimate of drug-likeness (QED) is 0.724. The van der Waals surface area contributed by atoms with E-state index < -0.39 is 5.97 Å². The van der Waals surface area contributed by atoms with Gasteiger partial charge < -0.3 is 10.4 Å². The molecule has 0 saturated heterocycles. The van der Waals surface area contributed by atoms with E-state index in [1.54, 1.807) is 0 Å². The highest BCUT2D eigenvalue weighted by Gasteiger charge is 2.19. The van der Waals surface area contributed by atoms with Crippen molar-refractivity contribution >= 4 is 23.6 Å². The lowest BCUT2D eigenvalue weighted by molar-refractivity contribution is -0.137. The highest BCUT2D eigenvalue weighted by molar-refractivity contribution is 8.00. The summed E-state index contributed by atoms with van der Waals surface area (Å²) in [7, 11) is 0. The summed E-state index contributed by atoms with van der Waals surface area (Å²) in [4.78, 5) is 23.7. The van der Waals surface area contributed by atoms with Crippen LogP contribution in [0.1, 0.15) is 33.1 Å². The minimum absolute atomic E-state index is 0.0285. The van der Waals surface area contributed by atoms with Crippen molar-refractivity contribution < 1.29 is 14.7 Å². The summed E-state index contributed by atoms with van der Waals surface area (Å²) in [6.45, 7) is 3.81. The molecule has 0 heterocycles. The van der Waals surface area contributed by atoms with Crippen LogP contribution in [0.25, 0.3) is 0 Å². The number of thioether (sulfide) groups is 1. The largest absolute Gasteiger partial charge is 0.481 e. The van der Waals surface area contributed by atoms with E-state index >= 15 is 0 Å². The summed E-state index contributed by atoms with van der Waals surface area (Å²) in [5.74, 6) is -0.865. The van der Waals surface area contributed by atoms with Gasteiger partial charge in [0.25, 0.3) is 0 Å². The van der Waals surface area contributed by atoms with Crippen LogP contribution in [0, 0.1) is 0 Å². The van der Waals surface area contributed by atoms with Crippen LogP contribution in [0.4, 0.5) is 0 Å². The number of carboxylic acid groups (broad SMARTS) is 1. The van der Waals surface area contributed by atoms with Crippen LogP contribution in [-0.4, -0.2) is 28.3 Å². The molecule has 0 saturated carbocycles. The molecule has 2 atom stereocenters. The van der Waals surface area contributed by atoms with Crippen molar-refractivity contribution in [2.45, 2.75) is 49.3 Å². The molecule has 110 valence electrons. The molecule has 0 fully saturated rings. The third-order valence-electron chi connectivity index (χ3n) is 2.86. The Morgan fingerprint density at radius 3 is 2.50 bits per heavy atom. The zero-order chi connectivity index (χ0) is 15.0. The maximum atomic E-state index is 12.2. The SMILES string of the molecule is CCC(Sc1ccccc1)C(=O)NC(C)CCC(=O)O. The Bertz CT molecular complexity index is 436. The maximum absolute atomic E-state index is 12.2. The summed E-state index contributed by atoms with van der Waals surface area (Å²) >= 11 is 1.53. The second-order valence-electron chi connectivity index (χ2n) is 4.67. The fourth-order valence-electron chi connectivity index (χ4n) is 1.73. The highest BCUT2D eigenvalue weighted by Crippen LogP contribution is 2.25. The van der Waals surface area contributed by atoms with Gasteiger partial charge in [0.2, 0.25) is 5.91 Å².